The van der Waals surface area contributed by atoms with Crippen LogP contribution in [-0.2, 0) is 14.2 Å². The molecule has 0 fully saturated rings. The number of hydrogen-bond acceptors (Lipinski definition) is 5. The van der Waals surface area contributed by atoms with Gasteiger partial charge >= 0.3 is 13.1 Å². The number of allylic oxidation sites excluding steroid dienone is 1. The van der Waals surface area contributed by atoms with Gasteiger partial charge in [0, 0.05) is 0 Å². The first-order valence-corrected chi connectivity index (χ1v) is 9.38. The SMILES string of the molecule is CN(C)CC(=O)C(=O)OB(O)/C=C/C#C[Si](C)(C)C. The van der Waals surface area contributed by atoms with Crippen LogP contribution >= 0.6 is 0 Å². The highest BCUT2D eigenvalue weighted by Gasteiger charge is 2.21. The van der Waals surface area contributed by atoms with Crippen molar-refractivity contribution in [1.82, 2.24) is 4.90 Å². The highest BCUT2D eigenvalue weighted by Crippen LogP contribution is 1.96. The predicted octanol–water partition coefficient (Wildman–Crippen LogP) is 0.117. The molecular weight excluding hydrogens is 261 g/mol. The number of carbonyl (C=O) groups is 2. The van der Waals surface area contributed by atoms with E-state index in [1.165, 1.54) is 12.1 Å². The maximum atomic E-state index is 11.3. The molecule has 0 aliphatic carbocycles. The van der Waals surface area contributed by atoms with Crippen molar-refractivity contribution in [2.45, 2.75) is 19.6 Å². The zero-order valence-corrected chi connectivity index (χ0v) is 13.1. The van der Waals surface area contributed by atoms with Crippen LogP contribution in [0.1, 0.15) is 0 Å². The summed E-state index contributed by atoms with van der Waals surface area (Å²) in [5, 5.41) is 9.38. The molecule has 0 atom stereocenters. The van der Waals surface area contributed by atoms with E-state index >= 15 is 0 Å². The summed E-state index contributed by atoms with van der Waals surface area (Å²) < 4.78 is 4.54. The third kappa shape index (κ3) is 10.3. The number of hydrogen-bond donors (Lipinski definition) is 1. The normalized spacial score (nSPS) is 11.1. The molecule has 5 nitrogen and oxygen atoms in total. The van der Waals surface area contributed by atoms with E-state index in [1.807, 2.05) is 0 Å². The molecule has 0 aliphatic heterocycles. The zero-order chi connectivity index (χ0) is 15.1. The summed E-state index contributed by atoms with van der Waals surface area (Å²) >= 11 is 0. The lowest BCUT2D eigenvalue weighted by atomic mass is 9.90. The first-order chi connectivity index (χ1) is 8.61. The predicted molar refractivity (Wildman–Crippen MR) is 77.9 cm³/mol. The summed E-state index contributed by atoms with van der Waals surface area (Å²) in [4.78, 5) is 24.1. The van der Waals surface area contributed by atoms with Crippen LogP contribution in [0.2, 0.25) is 19.6 Å². The number of nitrogens with zero attached hydrogens (tertiary/aromatic N) is 1. The van der Waals surface area contributed by atoms with Gasteiger partial charge in [0.2, 0.25) is 0 Å². The highest BCUT2D eigenvalue weighted by molar-refractivity contribution is 6.83. The molecule has 0 spiro atoms. The van der Waals surface area contributed by atoms with Crippen molar-refractivity contribution in [3.8, 4) is 11.5 Å². The minimum Gasteiger partial charge on any atom is -0.500 e. The number of likely N-dealkylation sites (N-methyl/N-ethyl adjacent to an activating group) is 1. The summed E-state index contributed by atoms with van der Waals surface area (Å²) in [5.74, 6) is 2.25. The van der Waals surface area contributed by atoms with Crippen molar-refractivity contribution in [3.63, 3.8) is 0 Å². The van der Waals surface area contributed by atoms with Gasteiger partial charge in [0.25, 0.3) is 5.78 Å². The van der Waals surface area contributed by atoms with E-state index in [1.54, 1.807) is 19.0 Å². The Hall–Kier alpha value is -1.36. The van der Waals surface area contributed by atoms with Gasteiger partial charge < -0.3 is 14.6 Å². The molecule has 0 saturated heterocycles. The maximum Gasteiger partial charge on any atom is 0.555 e. The Bertz CT molecular complexity index is 418. The van der Waals surface area contributed by atoms with Gasteiger partial charge in [0.05, 0.1) is 6.54 Å². The van der Waals surface area contributed by atoms with Crippen LogP contribution in [0.5, 0.6) is 0 Å². The smallest absolute Gasteiger partial charge is 0.500 e. The summed E-state index contributed by atoms with van der Waals surface area (Å²) in [7, 11) is 0.412. The summed E-state index contributed by atoms with van der Waals surface area (Å²) in [5.41, 5.74) is 3.06. The molecule has 104 valence electrons. The summed E-state index contributed by atoms with van der Waals surface area (Å²) in [6.45, 7) is 6.21. The van der Waals surface area contributed by atoms with Gasteiger partial charge in [-0.05, 0) is 26.1 Å². The van der Waals surface area contributed by atoms with Gasteiger partial charge in [-0.15, -0.1) is 5.54 Å². The van der Waals surface area contributed by atoms with E-state index in [2.05, 4.69) is 35.8 Å². The van der Waals surface area contributed by atoms with E-state index in [0.29, 0.717) is 0 Å². The molecule has 0 heterocycles. The van der Waals surface area contributed by atoms with Gasteiger partial charge in [0.1, 0.15) is 8.07 Å². The first kappa shape index (κ1) is 17.6. The zero-order valence-electron chi connectivity index (χ0n) is 12.1. The van der Waals surface area contributed by atoms with E-state index in [9.17, 15) is 14.6 Å². The van der Waals surface area contributed by atoms with E-state index in [4.69, 9.17) is 0 Å². The molecule has 0 radical (unpaired) electrons. The van der Waals surface area contributed by atoms with Crippen LogP contribution in [0.4, 0.5) is 0 Å². The van der Waals surface area contributed by atoms with Crippen molar-refractivity contribution >= 4 is 26.9 Å². The number of ketones is 1. The number of Topliss-reactive ketones (excluding diaryl/α,β-unsaturated/α-hetero) is 1. The van der Waals surface area contributed by atoms with E-state index in [-0.39, 0.29) is 6.54 Å². The molecule has 0 unspecified atom stereocenters. The Morgan fingerprint density at radius 3 is 2.42 bits per heavy atom. The third-order valence-electron chi connectivity index (χ3n) is 1.71. The Kier molecular flexibility index (Phi) is 7.37. The van der Waals surface area contributed by atoms with Crippen LogP contribution < -0.4 is 0 Å². The fraction of sp³-hybridized carbons (Fsp3) is 0.500. The van der Waals surface area contributed by atoms with Gasteiger partial charge in [-0.25, -0.2) is 4.79 Å². The topological polar surface area (TPSA) is 66.8 Å². The van der Waals surface area contributed by atoms with Crippen LogP contribution in [0, 0.1) is 11.5 Å². The van der Waals surface area contributed by atoms with E-state index in [0.717, 1.165) is 0 Å². The lowest BCUT2D eigenvalue weighted by Crippen LogP contribution is -2.33. The molecule has 1 N–H and O–H groups in total. The molecule has 19 heavy (non-hydrogen) atoms. The lowest BCUT2D eigenvalue weighted by Gasteiger charge is -2.08. The molecule has 7 heteroatoms. The molecule has 0 aliphatic rings. The van der Waals surface area contributed by atoms with Crippen LogP contribution in [0.15, 0.2) is 12.1 Å². The fourth-order valence-corrected chi connectivity index (χ4v) is 1.47. The molecule has 0 saturated carbocycles. The largest absolute Gasteiger partial charge is 0.555 e. The van der Waals surface area contributed by atoms with Gasteiger partial charge in [0.15, 0.2) is 0 Å². The number of carbonyl (C=O) groups excluding carboxylic acids is 2. The first-order valence-electron chi connectivity index (χ1n) is 5.88. The lowest BCUT2D eigenvalue weighted by molar-refractivity contribution is -0.148. The van der Waals surface area contributed by atoms with Crippen molar-refractivity contribution in [2.24, 2.45) is 0 Å². The second kappa shape index (κ2) is 7.94. The quantitative estimate of drug-likeness (QED) is 0.440. The van der Waals surface area contributed by atoms with E-state index < -0.39 is 26.9 Å². The molecular formula is C12H20BNO4Si. The Balaban J connectivity index is 4.27. The molecule has 0 aromatic rings. The maximum absolute atomic E-state index is 11.3. The Morgan fingerprint density at radius 2 is 1.95 bits per heavy atom. The highest BCUT2D eigenvalue weighted by atomic mass is 28.3. The molecule has 0 amide bonds. The van der Waals surface area contributed by atoms with Crippen molar-refractivity contribution in [3.05, 3.63) is 12.1 Å². The second-order valence-corrected chi connectivity index (χ2v) is 10.1. The average molecular weight is 281 g/mol. The minimum absolute atomic E-state index is 0.0509. The summed E-state index contributed by atoms with van der Waals surface area (Å²) in [6.07, 6.45) is 1.42. The van der Waals surface area contributed by atoms with Crippen LogP contribution in [-0.4, -0.2) is 57.5 Å². The molecule has 0 rings (SSSR count). The molecule has 0 aromatic heterocycles. The van der Waals surface area contributed by atoms with Crippen molar-refractivity contribution in [1.29, 1.82) is 0 Å². The van der Waals surface area contributed by atoms with Crippen LogP contribution in [0.25, 0.3) is 0 Å². The summed E-state index contributed by atoms with van der Waals surface area (Å²) in [6, 6.07) is 0. The average Bonchev–Trinajstić information content (AvgIpc) is 2.22. The third-order valence-corrected chi connectivity index (χ3v) is 2.60. The van der Waals surface area contributed by atoms with Crippen LogP contribution in [0.3, 0.4) is 0 Å². The van der Waals surface area contributed by atoms with Crippen molar-refractivity contribution in [2.75, 3.05) is 20.6 Å². The molecule has 0 bridgehead atoms. The minimum atomic E-state index is -1.46. The van der Waals surface area contributed by atoms with Gasteiger partial charge in [-0.1, -0.05) is 25.6 Å². The van der Waals surface area contributed by atoms with Crippen molar-refractivity contribution < 1.29 is 19.3 Å². The molecule has 0 aromatic carbocycles. The van der Waals surface area contributed by atoms with Gasteiger partial charge in [-0.2, -0.15) is 0 Å². The standard InChI is InChI=1S/C12H20BNO4Si/c1-14(2)10-11(15)12(16)18-13(17)8-6-7-9-19(3,4)5/h6,8,17H,10H2,1-5H3/b8-6+. The number of rotatable bonds is 5. The second-order valence-electron chi connectivity index (χ2n) is 5.34. The fourth-order valence-electron chi connectivity index (χ4n) is 0.955. The monoisotopic (exact) mass is 281 g/mol. The Labute approximate surface area is 115 Å². The van der Waals surface area contributed by atoms with Gasteiger partial charge in [-0.3, -0.25) is 4.79 Å². The Morgan fingerprint density at radius 1 is 1.37 bits per heavy atom.